The second-order valence-electron chi connectivity index (χ2n) is 3.64. The zero-order valence-electron chi connectivity index (χ0n) is 9.66. The van der Waals surface area contributed by atoms with E-state index < -0.39 is 0 Å². The average Bonchev–Trinajstić information content (AvgIpc) is 2.29. The van der Waals surface area contributed by atoms with Crippen LogP contribution in [0.5, 0.6) is 0 Å². The monoisotopic (exact) mass is 221 g/mol. The molecule has 0 spiro atoms. The van der Waals surface area contributed by atoms with E-state index in [2.05, 4.69) is 50.0 Å². The van der Waals surface area contributed by atoms with E-state index in [0.29, 0.717) is 11.3 Å². The molecule has 0 bridgehead atoms. The van der Waals surface area contributed by atoms with Gasteiger partial charge >= 0.3 is 0 Å². The van der Waals surface area contributed by atoms with Gasteiger partial charge in [-0.25, -0.2) is 0 Å². The van der Waals surface area contributed by atoms with Crippen LogP contribution in [0.15, 0.2) is 41.8 Å². The topological polar surface area (TPSA) is 12.0 Å². The molecule has 0 saturated carbocycles. The van der Waals surface area contributed by atoms with Gasteiger partial charge in [-0.1, -0.05) is 18.2 Å². The van der Waals surface area contributed by atoms with E-state index in [-0.39, 0.29) is 0 Å². The van der Waals surface area contributed by atoms with Gasteiger partial charge in [-0.2, -0.15) is 0 Å². The molecule has 0 aliphatic heterocycles. The first-order chi connectivity index (χ1) is 7.17. The molecule has 1 aromatic rings. The Morgan fingerprint density at radius 3 is 2.33 bits per heavy atom. The van der Waals surface area contributed by atoms with Gasteiger partial charge in [-0.05, 0) is 38.6 Å². The summed E-state index contributed by atoms with van der Waals surface area (Å²) in [7, 11) is 1.98. The summed E-state index contributed by atoms with van der Waals surface area (Å²) in [5.41, 5.74) is 1.33. The number of thioether (sulfide) groups is 1. The van der Waals surface area contributed by atoms with Gasteiger partial charge in [0.1, 0.15) is 0 Å². The molecule has 0 amide bonds. The van der Waals surface area contributed by atoms with E-state index in [1.165, 1.54) is 10.5 Å². The second kappa shape index (κ2) is 5.99. The molecule has 1 N–H and O–H groups in total. The molecule has 0 heterocycles. The minimum absolute atomic E-state index is 0.417. The first-order valence-corrected chi connectivity index (χ1v) is 6.11. The highest BCUT2D eigenvalue weighted by atomic mass is 32.2. The van der Waals surface area contributed by atoms with Crippen molar-refractivity contribution >= 4 is 11.8 Å². The molecule has 0 aliphatic rings. The van der Waals surface area contributed by atoms with E-state index in [1.54, 1.807) is 0 Å². The molecule has 82 valence electrons. The van der Waals surface area contributed by atoms with Gasteiger partial charge < -0.3 is 5.32 Å². The largest absolute Gasteiger partial charge is 0.313 e. The van der Waals surface area contributed by atoms with Crippen molar-refractivity contribution in [1.82, 2.24) is 5.32 Å². The van der Waals surface area contributed by atoms with Crippen LogP contribution >= 0.6 is 11.8 Å². The Labute approximate surface area is 97.0 Å². The molecule has 0 radical (unpaired) electrons. The number of hydrogen-bond donors (Lipinski definition) is 1. The number of rotatable bonds is 5. The molecule has 2 unspecified atom stereocenters. The molecule has 0 saturated heterocycles. The van der Waals surface area contributed by atoms with Crippen LogP contribution in [0, 0.1) is 0 Å². The standard InChI is InChI=1S/C13H19NS/c1-5-10(2)15-13-8-6-12(7-9-13)11(3)14-4/h5-11,14H,1H2,2-4H3. The molecule has 2 atom stereocenters. The summed E-state index contributed by atoms with van der Waals surface area (Å²) in [4.78, 5) is 1.30. The van der Waals surface area contributed by atoms with Crippen molar-refractivity contribution in [2.75, 3.05) is 7.05 Å². The number of benzene rings is 1. The zero-order chi connectivity index (χ0) is 11.3. The molecule has 1 rings (SSSR count). The number of hydrogen-bond acceptors (Lipinski definition) is 2. The van der Waals surface area contributed by atoms with E-state index in [9.17, 15) is 0 Å². The van der Waals surface area contributed by atoms with Gasteiger partial charge in [0.2, 0.25) is 0 Å². The maximum Gasteiger partial charge on any atom is 0.0289 e. The molecule has 2 heteroatoms. The molecule has 0 aromatic heterocycles. The second-order valence-corrected chi connectivity index (χ2v) is 5.09. The number of nitrogens with one attached hydrogen (secondary N) is 1. The lowest BCUT2D eigenvalue weighted by Crippen LogP contribution is -2.11. The summed E-state index contributed by atoms with van der Waals surface area (Å²) in [6.07, 6.45) is 1.97. The Morgan fingerprint density at radius 2 is 1.87 bits per heavy atom. The minimum Gasteiger partial charge on any atom is -0.313 e. The summed E-state index contributed by atoms with van der Waals surface area (Å²) in [6, 6.07) is 9.13. The third kappa shape index (κ3) is 3.73. The van der Waals surface area contributed by atoms with Crippen molar-refractivity contribution in [3.63, 3.8) is 0 Å². The average molecular weight is 221 g/mol. The summed E-state index contributed by atoms with van der Waals surface area (Å²) in [6.45, 7) is 8.10. The van der Waals surface area contributed by atoms with Crippen LogP contribution in [-0.2, 0) is 0 Å². The van der Waals surface area contributed by atoms with Crippen LogP contribution in [0.25, 0.3) is 0 Å². The van der Waals surface area contributed by atoms with E-state index >= 15 is 0 Å². The quantitative estimate of drug-likeness (QED) is 0.602. The van der Waals surface area contributed by atoms with E-state index in [4.69, 9.17) is 0 Å². The van der Waals surface area contributed by atoms with Crippen LogP contribution in [0.2, 0.25) is 0 Å². The molecular formula is C13H19NS. The normalized spacial score (nSPS) is 14.6. The predicted octanol–water partition coefficient (Wildman–Crippen LogP) is 3.63. The summed E-state index contributed by atoms with van der Waals surface area (Å²) in [5.74, 6) is 0. The molecule has 0 aliphatic carbocycles. The molecule has 1 aromatic carbocycles. The summed E-state index contributed by atoms with van der Waals surface area (Å²) >= 11 is 1.83. The summed E-state index contributed by atoms with van der Waals surface area (Å²) < 4.78 is 0. The van der Waals surface area contributed by atoms with Crippen LogP contribution in [-0.4, -0.2) is 12.3 Å². The first-order valence-electron chi connectivity index (χ1n) is 5.23. The molecule has 1 nitrogen and oxygen atoms in total. The van der Waals surface area contributed by atoms with E-state index in [0.717, 1.165) is 0 Å². The Morgan fingerprint density at radius 1 is 1.27 bits per heavy atom. The van der Waals surface area contributed by atoms with Gasteiger partial charge in [-0.3, -0.25) is 0 Å². The lowest BCUT2D eigenvalue weighted by Gasteiger charge is -2.11. The fourth-order valence-electron chi connectivity index (χ4n) is 1.26. The Hall–Kier alpha value is -0.730. The lowest BCUT2D eigenvalue weighted by atomic mass is 10.1. The highest BCUT2D eigenvalue weighted by molar-refractivity contribution is 8.00. The van der Waals surface area contributed by atoms with Gasteiger partial charge in [0.05, 0.1) is 0 Å². The fourth-order valence-corrected chi connectivity index (χ4v) is 2.08. The van der Waals surface area contributed by atoms with Crippen LogP contribution in [0.3, 0.4) is 0 Å². The van der Waals surface area contributed by atoms with Crippen molar-refractivity contribution in [2.45, 2.75) is 30.0 Å². The van der Waals surface area contributed by atoms with Crippen molar-refractivity contribution in [3.8, 4) is 0 Å². The third-order valence-corrected chi connectivity index (χ3v) is 3.58. The molecule has 15 heavy (non-hydrogen) atoms. The minimum atomic E-state index is 0.417. The molecular weight excluding hydrogens is 202 g/mol. The summed E-state index contributed by atoms with van der Waals surface area (Å²) in [5, 5.41) is 3.70. The van der Waals surface area contributed by atoms with Crippen molar-refractivity contribution in [3.05, 3.63) is 42.5 Å². The molecule has 0 fully saturated rings. The van der Waals surface area contributed by atoms with Crippen LogP contribution in [0.1, 0.15) is 25.5 Å². The van der Waals surface area contributed by atoms with Gasteiger partial charge in [0, 0.05) is 16.2 Å². The van der Waals surface area contributed by atoms with Crippen molar-refractivity contribution in [1.29, 1.82) is 0 Å². The van der Waals surface area contributed by atoms with Gasteiger partial charge in [0.25, 0.3) is 0 Å². The third-order valence-electron chi connectivity index (χ3n) is 2.47. The first kappa shape index (κ1) is 12.3. The van der Waals surface area contributed by atoms with Crippen molar-refractivity contribution in [2.24, 2.45) is 0 Å². The van der Waals surface area contributed by atoms with Crippen molar-refractivity contribution < 1.29 is 0 Å². The van der Waals surface area contributed by atoms with Gasteiger partial charge in [-0.15, -0.1) is 18.3 Å². The highest BCUT2D eigenvalue weighted by Crippen LogP contribution is 2.25. The van der Waals surface area contributed by atoms with Gasteiger partial charge in [0.15, 0.2) is 0 Å². The maximum atomic E-state index is 3.78. The predicted molar refractivity (Wildman–Crippen MR) is 69.4 cm³/mol. The fraction of sp³-hybridized carbons (Fsp3) is 0.385. The Balaban J connectivity index is 2.67. The highest BCUT2D eigenvalue weighted by Gasteiger charge is 2.03. The Bertz CT molecular complexity index is 305. The smallest absolute Gasteiger partial charge is 0.0289 e. The Kier molecular flexibility index (Phi) is 4.92. The van der Waals surface area contributed by atoms with E-state index in [1.807, 2.05) is 24.9 Å². The van der Waals surface area contributed by atoms with Crippen LogP contribution < -0.4 is 5.32 Å². The lowest BCUT2D eigenvalue weighted by molar-refractivity contribution is 0.652. The van der Waals surface area contributed by atoms with Crippen LogP contribution in [0.4, 0.5) is 0 Å². The zero-order valence-corrected chi connectivity index (χ0v) is 10.5. The maximum absolute atomic E-state index is 3.78. The SMILES string of the molecule is C=CC(C)Sc1ccc(C(C)NC)cc1.